The van der Waals surface area contributed by atoms with Gasteiger partial charge in [0.15, 0.2) is 11.6 Å². The highest BCUT2D eigenvalue weighted by Gasteiger charge is 2.38. The van der Waals surface area contributed by atoms with Gasteiger partial charge in [-0.15, -0.1) is 11.3 Å². The zero-order valence-corrected chi connectivity index (χ0v) is 22.8. The van der Waals surface area contributed by atoms with Crippen LogP contribution in [0.3, 0.4) is 0 Å². The molecule has 206 valence electrons. The van der Waals surface area contributed by atoms with Gasteiger partial charge in [-0.2, -0.15) is 5.10 Å². The van der Waals surface area contributed by atoms with E-state index in [0.29, 0.717) is 41.7 Å². The van der Waals surface area contributed by atoms with E-state index >= 15 is 0 Å². The third kappa shape index (κ3) is 4.89. The van der Waals surface area contributed by atoms with Crippen molar-refractivity contribution in [2.75, 3.05) is 13.1 Å². The van der Waals surface area contributed by atoms with Crippen molar-refractivity contribution in [3.8, 4) is 21.7 Å². The minimum atomic E-state index is -2.64. The van der Waals surface area contributed by atoms with E-state index in [1.807, 2.05) is 30.5 Å². The quantitative estimate of drug-likeness (QED) is 0.275. The number of fused-ring (bicyclic) bond motifs is 2. The molecule has 0 bridgehead atoms. The molecule has 2 aliphatic heterocycles. The van der Waals surface area contributed by atoms with E-state index in [0.717, 1.165) is 43.7 Å². The Bertz CT molecular complexity index is 1850. The van der Waals surface area contributed by atoms with Crippen LogP contribution in [-0.2, 0) is 13.1 Å². The van der Waals surface area contributed by atoms with Crippen molar-refractivity contribution >= 4 is 33.9 Å². The second kappa shape index (κ2) is 9.89. The van der Waals surface area contributed by atoms with Crippen LogP contribution in [0.2, 0.25) is 0 Å². The van der Waals surface area contributed by atoms with E-state index in [1.54, 1.807) is 36.6 Å². The summed E-state index contributed by atoms with van der Waals surface area (Å²) in [5.41, 5.74) is 10.2. The van der Waals surface area contributed by atoms with Crippen LogP contribution in [0.5, 0.6) is 0 Å². The number of Topliss-reactive ketones (excluding diaryl/α,β-unsaturated/α-hetero) is 1. The molecule has 7 heterocycles. The molecule has 9 nitrogen and oxygen atoms in total. The molecule has 2 N–H and O–H groups in total. The predicted molar refractivity (Wildman–Crippen MR) is 152 cm³/mol. The summed E-state index contributed by atoms with van der Waals surface area (Å²) in [6, 6.07) is 7.64. The first-order valence-corrected chi connectivity index (χ1v) is 13.9. The average Bonchev–Trinajstić information content (AvgIpc) is 3.71. The lowest BCUT2D eigenvalue weighted by Crippen LogP contribution is -2.24. The first-order valence-electron chi connectivity index (χ1n) is 13.1. The number of aromatic nitrogens is 5. The maximum Gasteiger partial charge on any atom is 0.261 e. The Balaban J connectivity index is 1.22. The second-order valence-corrected chi connectivity index (χ2v) is 11.4. The number of pyridine rings is 3. The Morgan fingerprint density at radius 2 is 1.98 bits per heavy atom. The van der Waals surface area contributed by atoms with Gasteiger partial charge in [0.05, 0.1) is 35.4 Å². The van der Waals surface area contributed by atoms with Crippen LogP contribution in [-0.4, -0.2) is 60.3 Å². The van der Waals surface area contributed by atoms with Gasteiger partial charge < -0.3 is 10.4 Å². The number of carbonyl (C=O) groups excluding carboxylic acids is 1. The number of alkyl halides is 2. The summed E-state index contributed by atoms with van der Waals surface area (Å²) in [7, 11) is 0. The molecule has 1 fully saturated rings. The molecular formula is C29H24F2N8OS. The third-order valence-electron chi connectivity index (χ3n) is 7.28. The van der Waals surface area contributed by atoms with Gasteiger partial charge in [0.25, 0.3) is 5.92 Å². The predicted octanol–water partition coefficient (Wildman–Crippen LogP) is 5.04. The van der Waals surface area contributed by atoms with Gasteiger partial charge in [-0.1, -0.05) is 0 Å². The van der Waals surface area contributed by atoms with Crippen molar-refractivity contribution in [3.63, 3.8) is 0 Å². The molecule has 12 heteroatoms. The molecule has 0 aliphatic carbocycles. The summed E-state index contributed by atoms with van der Waals surface area (Å²) < 4.78 is 27.4. The number of ketones is 1. The molecule has 5 aromatic heterocycles. The normalized spacial score (nSPS) is 16.4. The zero-order chi connectivity index (χ0) is 28.1. The SMILES string of the molecule is CC(=O)c1ccc(-c2cncc3[nH]c(C4=NNCc5cnc(-c6cncc(CN7CCC(F)(F)C7)c6)cc54)nc23)s1. The highest BCUT2D eigenvalue weighted by Crippen LogP contribution is 2.33. The number of nitrogens with one attached hydrogen (secondary N) is 2. The van der Waals surface area contributed by atoms with E-state index in [4.69, 9.17) is 4.98 Å². The highest BCUT2D eigenvalue weighted by atomic mass is 32.1. The van der Waals surface area contributed by atoms with Gasteiger partial charge in [0.1, 0.15) is 11.2 Å². The fraction of sp³-hybridized carbons (Fsp3) is 0.241. The molecule has 0 amide bonds. The number of thiophene rings is 1. The van der Waals surface area contributed by atoms with E-state index < -0.39 is 5.92 Å². The largest absolute Gasteiger partial charge is 0.335 e. The van der Waals surface area contributed by atoms with Crippen LogP contribution < -0.4 is 5.43 Å². The molecule has 0 unspecified atom stereocenters. The number of aromatic amines is 1. The fourth-order valence-electron chi connectivity index (χ4n) is 5.26. The Labute approximate surface area is 237 Å². The summed E-state index contributed by atoms with van der Waals surface area (Å²) >= 11 is 1.41. The van der Waals surface area contributed by atoms with Crippen molar-refractivity contribution in [2.45, 2.75) is 32.4 Å². The first kappa shape index (κ1) is 25.5. The summed E-state index contributed by atoms with van der Waals surface area (Å²) in [6.07, 6.45) is 8.60. The number of likely N-dealkylation sites (tertiary alicyclic amines) is 1. The van der Waals surface area contributed by atoms with Gasteiger partial charge in [-0.05, 0) is 36.8 Å². The van der Waals surface area contributed by atoms with Gasteiger partial charge in [-0.25, -0.2) is 13.8 Å². The number of carbonyl (C=O) groups is 1. The number of H-pyrrole nitrogens is 1. The van der Waals surface area contributed by atoms with E-state index in [9.17, 15) is 13.6 Å². The second-order valence-electron chi connectivity index (χ2n) is 10.3. The number of nitrogens with zero attached hydrogens (tertiary/aromatic N) is 6. The van der Waals surface area contributed by atoms with Crippen LogP contribution in [0.1, 0.15) is 45.5 Å². The average molecular weight is 571 g/mol. The summed E-state index contributed by atoms with van der Waals surface area (Å²) in [4.78, 5) is 36.9. The summed E-state index contributed by atoms with van der Waals surface area (Å²) in [6.45, 7) is 2.60. The van der Waals surface area contributed by atoms with E-state index in [1.165, 1.54) is 11.3 Å². The van der Waals surface area contributed by atoms with Crippen molar-refractivity contribution < 1.29 is 13.6 Å². The number of rotatable bonds is 6. The van der Waals surface area contributed by atoms with Gasteiger partial charge in [-0.3, -0.25) is 24.6 Å². The van der Waals surface area contributed by atoms with E-state index in [2.05, 4.69) is 30.5 Å². The van der Waals surface area contributed by atoms with Gasteiger partial charge in [0.2, 0.25) is 0 Å². The van der Waals surface area contributed by atoms with Crippen molar-refractivity contribution in [1.82, 2.24) is 35.2 Å². The molecule has 0 spiro atoms. The number of hydrazone groups is 1. The maximum atomic E-state index is 13.7. The minimum absolute atomic E-state index is 0.0195. The lowest BCUT2D eigenvalue weighted by molar-refractivity contribution is 0.0115. The Kier molecular flexibility index (Phi) is 6.16. The fourth-order valence-corrected chi connectivity index (χ4v) is 6.17. The number of hydrogen-bond donors (Lipinski definition) is 2. The molecule has 2 aliphatic rings. The zero-order valence-electron chi connectivity index (χ0n) is 22.0. The Morgan fingerprint density at radius 1 is 1.10 bits per heavy atom. The lowest BCUT2D eigenvalue weighted by Gasteiger charge is -2.18. The van der Waals surface area contributed by atoms with Crippen LogP contribution in [0.4, 0.5) is 8.78 Å². The molecule has 41 heavy (non-hydrogen) atoms. The van der Waals surface area contributed by atoms with Gasteiger partial charge >= 0.3 is 0 Å². The molecule has 7 rings (SSSR count). The molecule has 0 radical (unpaired) electrons. The standard InChI is InChI=1S/C29H24F2N8OS/c1-16(40)24-2-3-25(41-24)21-12-33-13-23-26(21)37-28(36-23)27-20-7-22(34-10-19(20)11-35-38-27)18-6-17(8-32-9-18)14-39-5-4-29(30,31)15-39/h2-3,6-10,12-13,35H,4-5,11,14-15H2,1H3,(H,36,37). The highest BCUT2D eigenvalue weighted by molar-refractivity contribution is 7.17. The molecule has 1 saturated heterocycles. The Morgan fingerprint density at radius 3 is 2.78 bits per heavy atom. The number of imidazole rings is 1. The van der Waals surface area contributed by atoms with E-state index in [-0.39, 0.29) is 18.7 Å². The molecule has 5 aromatic rings. The Hall–Kier alpha value is -4.42. The summed E-state index contributed by atoms with van der Waals surface area (Å²) in [5.74, 6) is -2.04. The van der Waals surface area contributed by atoms with Crippen LogP contribution in [0.15, 0.2) is 60.4 Å². The first-order chi connectivity index (χ1) is 19.8. The maximum absolute atomic E-state index is 13.7. The number of halogens is 2. The molecule has 0 saturated carbocycles. The smallest absolute Gasteiger partial charge is 0.261 e. The van der Waals surface area contributed by atoms with Gasteiger partial charge in [0, 0.05) is 71.4 Å². The minimum Gasteiger partial charge on any atom is -0.335 e. The van der Waals surface area contributed by atoms with Crippen LogP contribution in [0.25, 0.3) is 32.7 Å². The molecule has 0 aromatic carbocycles. The monoisotopic (exact) mass is 570 g/mol. The number of hydrogen-bond acceptors (Lipinski definition) is 9. The summed E-state index contributed by atoms with van der Waals surface area (Å²) in [5, 5.41) is 4.59. The van der Waals surface area contributed by atoms with Crippen LogP contribution in [0, 0.1) is 0 Å². The topological polar surface area (TPSA) is 112 Å². The van der Waals surface area contributed by atoms with Crippen molar-refractivity contribution in [2.24, 2.45) is 5.10 Å². The molecular weight excluding hydrogens is 546 g/mol. The third-order valence-corrected chi connectivity index (χ3v) is 8.50. The lowest BCUT2D eigenvalue weighted by atomic mass is 10.00. The van der Waals surface area contributed by atoms with Crippen LogP contribution >= 0.6 is 11.3 Å². The molecule has 0 atom stereocenters. The van der Waals surface area contributed by atoms with Crippen molar-refractivity contribution in [3.05, 3.63) is 82.6 Å². The van der Waals surface area contributed by atoms with Crippen molar-refractivity contribution in [1.29, 1.82) is 0 Å².